The minimum atomic E-state index is 0. The molecular formula is C10H22ClN3O2. The van der Waals surface area contributed by atoms with Gasteiger partial charge in [0.15, 0.2) is 0 Å². The zero-order chi connectivity index (χ0) is 11.1. The zero-order valence-corrected chi connectivity index (χ0v) is 10.6. The number of piperazine rings is 1. The number of β-amino-alcohol motifs (C(OH)–C–C–N with tert-alkyl or cyclic N) is 1. The second-order valence-electron chi connectivity index (χ2n) is 3.78. The minimum absolute atomic E-state index is 0. The van der Waals surface area contributed by atoms with Gasteiger partial charge in [0.05, 0.1) is 6.61 Å². The molecule has 0 radical (unpaired) electrons. The predicted molar refractivity (Wildman–Crippen MR) is 66.0 cm³/mol. The first-order valence-electron chi connectivity index (χ1n) is 5.64. The van der Waals surface area contributed by atoms with Crippen LogP contribution in [0.15, 0.2) is 0 Å². The van der Waals surface area contributed by atoms with Crippen molar-refractivity contribution in [1.82, 2.24) is 15.1 Å². The zero-order valence-electron chi connectivity index (χ0n) is 9.81. The molecule has 0 aliphatic carbocycles. The normalized spacial score (nSPS) is 16.8. The first kappa shape index (κ1) is 15.5. The largest absolute Gasteiger partial charge is 0.395 e. The van der Waals surface area contributed by atoms with E-state index >= 15 is 0 Å². The van der Waals surface area contributed by atoms with Gasteiger partial charge in [0.25, 0.3) is 0 Å². The van der Waals surface area contributed by atoms with Crippen molar-refractivity contribution in [1.29, 1.82) is 0 Å². The molecule has 0 unspecified atom stereocenters. The third-order valence-electron chi connectivity index (χ3n) is 2.60. The van der Waals surface area contributed by atoms with Gasteiger partial charge in [-0.1, -0.05) is 6.92 Å². The molecule has 0 spiro atoms. The van der Waals surface area contributed by atoms with Crippen molar-refractivity contribution in [3.63, 3.8) is 0 Å². The van der Waals surface area contributed by atoms with Gasteiger partial charge in [-0.3, -0.25) is 4.90 Å². The molecule has 1 rings (SSSR count). The van der Waals surface area contributed by atoms with Crippen molar-refractivity contribution in [2.24, 2.45) is 0 Å². The fraction of sp³-hybridized carbons (Fsp3) is 0.900. The van der Waals surface area contributed by atoms with E-state index in [1.165, 1.54) is 0 Å². The van der Waals surface area contributed by atoms with Gasteiger partial charge in [-0.25, -0.2) is 4.79 Å². The summed E-state index contributed by atoms with van der Waals surface area (Å²) in [6.45, 7) is 6.94. The number of hydrogen-bond acceptors (Lipinski definition) is 3. The lowest BCUT2D eigenvalue weighted by Crippen LogP contribution is -2.52. The van der Waals surface area contributed by atoms with Gasteiger partial charge >= 0.3 is 6.03 Å². The maximum atomic E-state index is 11.6. The van der Waals surface area contributed by atoms with Gasteiger partial charge in [-0.15, -0.1) is 12.4 Å². The molecule has 1 heterocycles. The molecule has 0 aromatic heterocycles. The van der Waals surface area contributed by atoms with Crippen LogP contribution in [0.2, 0.25) is 0 Å². The number of urea groups is 1. The Morgan fingerprint density at radius 3 is 2.44 bits per heavy atom. The minimum Gasteiger partial charge on any atom is -0.395 e. The number of nitrogens with one attached hydrogen (secondary N) is 1. The average molecular weight is 252 g/mol. The third kappa shape index (κ3) is 5.01. The number of rotatable bonds is 4. The van der Waals surface area contributed by atoms with E-state index in [2.05, 4.69) is 10.2 Å². The third-order valence-corrected chi connectivity index (χ3v) is 2.60. The second kappa shape index (κ2) is 8.61. The van der Waals surface area contributed by atoms with Gasteiger partial charge in [0.2, 0.25) is 0 Å². The second-order valence-corrected chi connectivity index (χ2v) is 3.78. The number of carbonyl (C=O) groups excluding carboxylic acids is 1. The van der Waals surface area contributed by atoms with E-state index in [1.807, 2.05) is 11.8 Å². The average Bonchev–Trinajstić information content (AvgIpc) is 2.27. The van der Waals surface area contributed by atoms with Crippen molar-refractivity contribution in [3.8, 4) is 0 Å². The van der Waals surface area contributed by atoms with E-state index < -0.39 is 0 Å². The molecule has 0 aromatic rings. The highest BCUT2D eigenvalue weighted by atomic mass is 35.5. The van der Waals surface area contributed by atoms with Crippen LogP contribution in [0.3, 0.4) is 0 Å². The lowest BCUT2D eigenvalue weighted by molar-refractivity contribution is 0.122. The highest BCUT2D eigenvalue weighted by Crippen LogP contribution is 2.01. The van der Waals surface area contributed by atoms with E-state index in [-0.39, 0.29) is 25.0 Å². The number of halogens is 1. The van der Waals surface area contributed by atoms with Gasteiger partial charge < -0.3 is 15.3 Å². The summed E-state index contributed by atoms with van der Waals surface area (Å²) >= 11 is 0. The number of aliphatic hydroxyl groups is 1. The first-order valence-corrected chi connectivity index (χ1v) is 5.64. The van der Waals surface area contributed by atoms with Gasteiger partial charge in [-0.2, -0.15) is 0 Å². The number of amides is 2. The number of aliphatic hydroxyl groups excluding tert-OH is 1. The summed E-state index contributed by atoms with van der Waals surface area (Å²) in [5.74, 6) is 0. The van der Waals surface area contributed by atoms with Crippen LogP contribution in [0.5, 0.6) is 0 Å². The van der Waals surface area contributed by atoms with Crippen LogP contribution in [-0.2, 0) is 0 Å². The maximum absolute atomic E-state index is 11.6. The van der Waals surface area contributed by atoms with Crippen LogP contribution >= 0.6 is 12.4 Å². The molecule has 0 saturated carbocycles. The Morgan fingerprint density at radius 1 is 1.31 bits per heavy atom. The molecular weight excluding hydrogens is 230 g/mol. The van der Waals surface area contributed by atoms with Crippen molar-refractivity contribution >= 4 is 18.4 Å². The Kier molecular flexibility index (Phi) is 8.33. The van der Waals surface area contributed by atoms with Crippen molar-refractivity contribution in [2.75, 3.05) is 45.9 Å². The monoisotopic (exact) mass is 251 g/mol. The highest BCUT2D eigenvalue weighted by Gasteiger charge is 2.19. The molecule has 96 valence electrons. The summed E-state index contributed by atoms with van der Waals surface area (Å²) in [6, 6.07) is 0.0421. The first-order chi connectivity index (χ1) is 7.27. The molecule has 1 fully saturated rings. The predicted octanol–water partition coefficient (Wildman–Crippen LogP) is 0.138. The maximum Gasteiger partial charge on any atom is 0.317 e. The lowest BCUT2D eigenvalue weighted by Gasteiger charge is -2.34. The van der Waals surface area contributed by atoms with Gasteiger partial charge in [0.1, 0.15) is 0 Å². The van der Waals surface area contributed by atoms with E-state index in [9.17, 15) is 4.79 Å². The fourth-order valence-corrected chi connectivity index (χ4v) is 1.66. The van der Waals surface area contributed by atoms with Gasteiger partial charge in [0, 0.05) is 39.3 Å². The van der Waals surface area contributed by atoms with Crippen LogP contribution in [0, 0.1) is 0 Å². The Hall–Kier alpha value is -0.520. The molecule has 1 aliphatic heterocycles. The molecule has 6 heteroatoms. The standard InChI is InChI=1S/C10H21N3O2.ClH/c1-2-3-11-10(15)13-6-4-12(5-7-13)8-9-14;/h14H,2-9H2,1H3,(H,11,15);1H. The van der Waals surface area contributed by atoms with Gasteiger partial charge in [-0.05, 0) is 6.42 Å². The summed E-state index contributed by atoms with van der Waals surface area (Å²) in [6.07, 6.45) is 0.968. The SMILES string of the molecule is CCCNC(=O)N1CCN(CCO)CC1.Cl. The summed E-state index contributed by atoms with van der Waals surface area (Å²) in [5, 5.41) is 11.6. The molecule has 1 saturated heterocycles. The number of nitrogens with zero attached hydrogens (tertiary/aromatic N) is 2. The van der Waals surface area contributed by atoms with E-state index in [4.69, 9.17) is 5.11 Å². The molecule has 0 bridgehead atoms. The molecule has 2 N–H and O–H groups in total. The Bertz CT molecular complexity index is 197. The van der Waals surface area contributed by atoms with Crippen LogP contribution < -0.4 is 5.32 Å². The highest BCUT2D eigenvalue weighted by molar-refractivity contribution is 5.85. The molecule has 16 heavy (non-hydrogen) atoms. The summed E-state index contributed by atoms with van der Waals surface area (Å²) in [7, 11) is 0. The summed E-state index contributed by atoms with van der Waals surface area (Å²) in [5.41, 5.74) is 0. The smallest absolute Gasteiger partial charge is 0.317 e. The quantitative estimate of drug-likeness (QED) is 0.747. The van der Waals surface area contributed by atoms with E-state index in [0.717, 1.165) is 39.1 Å². The molecule has 0 aromatic carbocycles. The van der Waals surface area contributed by atoms with Crippen molar-refractivity contribution in [3.05, 3.63) is 0 Å². The number of carbonyl (C=O) groups is 1. The van der Waals surface area contributed by atoms with Crippen LogP contribution in [0.25, 0.3) is 0 Å². The number of hydrogen-bond donors (Lipinski definition) is 2. The van der Waals surface area contributed by atoms with Crippen LogP contribution in [0.4, 0.5) is 4.79 Å². The topological polar surface area (TPSA) is 55.8 Å². The van der Waals surface area contributed by atoms with E-state index in [1.54, 1.807) is 0 Å². The van der Waals surface area contributed by atoms with Crippen LogP contribution in [-0.4, -0.2) is 66.8 Å². The Balaban J connectivity index is 0.00000225. The fourth-order valence-electron chi connectivity index (χ4n) is 1.66. The lowest BCUT2D eigenvalue weighted by atomic mass is 10.3. The Morgan fingerprint density at radius 2 is 1.94 bits per heavy atom. The molecule has 0 atom stereocenters. The van der Waals surface area contributed by atoms with Crippen LogP contribution in [0.1, 0.15) is 13.3 Å². The summed E-state index contributed by atoms with van der Waals surface area (Å²) in [4.78, 5) is 15.6. The molecule has 2 amide bonds. The molecule has 5 nitrogen and oxygen atoms in total. The Labute approximate surface area is 103 Å². The van der Waals surface area contributed by atoms with Crippen molar-refractivity contribution < 1.29 is 9.90 Å². The van der Waals surface area contributed by atoms with Crippen molar-refractivity contribution in [2.45, 2.75) is 13.3 Å². The van der Waals surface area contributed by atoms with E-state index in [0.29, 0.717) is 6.54 Å². The molecule has 1 aliphatic rings. The summed E-state index contributed by atoms with van der Waals surface area (Å²) < 4.78 is 0.